The van der Waals surface area contributed by atoms with Gasteiger partial charge in [-0.15, -0.1) is 10.2 Å². The molecule has 0 aliphatic rings. The molecule has 0 bridgehead atoms. The maximum Gasteiger partial charge on any atom is 0.335 e. The van der Waals surface area contributed by atoms with Crippen LogP contribution in [0.25, 0.3) is 0 Å². The quantitative estimate of drug-likeness (QED) is 0.834. The Hall–Kier alpha value is -1.82. The molecule has 0 aliphatic carbocycles. The van der Waals surface area contributed by atoms with Crippen LogP contribution in [0.15, 0.2) is 35.7 Å². The molecule has 0 aliphatic heterocycles. The van der Waals surface area contributed by atoms with E-state index in [4.69, 9.17) is 5.11 Å². The summed E-state index contributed by atoms with van der Waals surface area (Å²) in [6.07, 6.45) is 2.34. The molecule has 1 aromatic carbocycles. The van der Waals surface area contributed by atoms with Crippen LogP contribution in [0, 0.1) is 0 Å². The lowest BCUT2D eigenvalue weighted by Crippen LogP contribution is -2.03. The van der Waals surface area contributed by atoms with Gasteiger partial charge in [0, 0.05) is 12.8 Å². The summed E-state index contributed by atoms with van der Waals surface area (Å²) in [6, 6.07) is 7.07. The van der Waals surface area contributed by atoms with Gasteiger partial charge >= 0.3 is 5.97 Å². The van der Waals surface area contributed by atoms with E-state index in [1.807, 2.05) is 23.7 Å². The number of carboxylic acids is 1. The summed E-state index contributed by atoms with van der Waals surface area (Å²) in [5.41, 5.74) is 1.22. The summed E-state index contributed by atoms with van der Waals surface area (Å²) in [5, 5.41) is 17.7. The number of nitrogens with zero attached hydrogens (tertiary/aromatic N) is 3. The van der Waals surface area contributed by atoms with Gasteiger partial charge in [-0.1, -0.05) is 30.0 Å². The van der Waals surface area contributed by atoms with Crippen LogP contribution in [0.1, 0.15) is 15.9 Å². The first kappa shape index (κ1) is 12.6. The van der Waals surface area contributed by atoms with Gasteiger partial charge < -0.3 is 9.67 Å². The molecular weight excluding hydrogens is 250 g/mol. The Morgan fingerprint density at radius 3 is 2.89 bits per heavy atom. The molecule has 0 spiro atoms. The van der Waals surface area contributed by atoms with E-state index in [-0.39, 0.29) is 0 Å². The zero-order valence-electron chi connectivity index (χ0n) is 9.91. The van der Waals surface area contributed by atoms with Gasteiger partial charge in [-0.05, 0) is 18.1 Å². The van der Waals surface area contributed by atoms with Gasteiger partial charge in [-0.25, -0.2) is 4.79 Å². The summed E-state index contributed by atoms with van der Waals surface area (Å²) >= 11 is 1.57. The Morgan fingerprint density at radius 1 is 1.44 bits per heavy atom. The van der Waals surface area contributed by atoms with Gasteiger partial charge in [0.2, 0.25) is 0 Å². The van der Waals surface area contributed by atoms with Crippen LogP contribution in [-0.4, -0.2) is 31.6 Å². The molecule has 0 atom stereocenters. The minimum Gasteiger partial charge on any atom is -0.478 e. The zero-order chi connectivity index (χ0) is 13.0. The Bertz CT molecular complexity index is 554. The van der Waals surface area contributed by atoms with Crippen LogP contribution in [0.3, 0.4) is 0 Å². The average molecular weight is 263 g/mol. The van der Waals surface area contributed by atoms with Crippen LogP contribution < -0.4 is 0 Å². The molecule has 6 heteroatoms. The number of thioether (sulfide) groups is 1. The summed E-state index contributed by atoms with van der Waals surface area (Å²) in [4.78, 5) is 11.0. The lowest BCUT2D eigenvalue weighted by Gasteiger charge is -2.05. The summed E-state index contributed by atoms with van der Waals surface area (Å²) in [7, 11) is 1.88. The lowest BCUT2D eigenvalue weighted by atomic mass is 10.1. The SMILES string of the molecule is Cn1cnnc1SCCc1ccccc1C(=O)O. The molecule has 0 saturated heterocycles. The largest absolute Gasteiger partial charge is 0.478 e. The van der Waals surface area contributed by atoms with Gasteiger partial charge in [-0.3, -0.25) is 0 Å². The number of benzene rings is 1. The van der Waals surface area contributed by atoms with Crippen LogP contribution in [0.4, 0.5) is 0 Å². The summed E-state index contributed by atoms with van der Waals surface area (Å²) in [5.74, 6) is -0.106. The fraction of sp³-hybridized carbons (Fsp3) is 0.250. The van der Waals surface area contributed by atoms with Crippen molar-refractivity contribution in [2.45, 2.75) is 11.6 Å². The molecule has 1 heterocycles. The topological polar surface area (TPSA) is 68.0 Å². The van der Waals surface area contributed by atoms with Crippen LogP contribution in [0.2, 0.25) is 0 Å². The highest BCUT2D eigenvalue weighted by Gasteiger charge is 2.09. The van der Waals surface area contributed by atoms with E-state index in [0.29, 0.717) is 12.0 Å². The van der Waals surface area contributed by atoms with Crippen molar-refractivity contribution in [2.24, 2.45) is 7.05 Å². The second kappa shape index (κ2) is 5.68. The maximum absolute atomic E-state index is 11.0. The molecule has 0 amide bonds. The number of aromatic carboxylic acids is 1. The molecule has 2 aromatic rings. The number of hydrogen-bond donors (Lipinski definition) is 1. The number of hydrogen-bond acceptors (Lipinski definition) is 4. The number of carbonyl (C=O) groups is 1. The highest BCUT2D eigenvalue weighted by atomic mass is 32.2. The smallest absolute Gasteiger partial charge is 0.335 e. The van der Waals surface area contributed by atoms with Gasteiger partial charge in [0.1, 0.15) is 6.33 Å². The molecular formula is C12H13N3O2S. The number of aromatic nitrogens is 3. The molecule has 1 N–H and O–H groups in total. The van der Waals surface area contributed by atoms with Crippen molar-refractivity contribution in [1.29, 1.82) is 0 Å². The minimum absolute atomic E-state index is 0.371. The van der Waals surface area contributed by atoms with Crippen LogP contribution >= 0.6 is 11.8 Å². The maximum atomic E-state index is 11.0. The highest BCUT2D eigenvalue weighted by molar-refractivity contribution is 7.99. The van der Waals surface area contributed by atoms with Gasteiger partial charge in [0.05, 0.1) is 5.56 Å². The van der Waals surface area contributed by atoms with Crippen molar-refractivity contribution in [1.82, 2.24) is 14.8 Å². The molecule has 1 aromatic heterocycles. The Balaban J connectivity index is 1.99. The monoisotopic (exact) mass is 263 g/mol. The predicted molar refractivity (Wildman–Crippen MR) is 68.8 cm³/mol. The van der Waals surface area contributed by atoms with E-state index < -0.39 is 5.97 Å². The third-order valence-electron chi connectivity index (χ3n) is 2.52. The molecule has 5 nitrogen and oxygen atoms in total. The minimum atomic E-state index is -0.880. The van der Waals surface area contributed by atoms with Crippen molar-refractivity contribution < 1.29 is 9.90 Å². The zero-order valence-corrected chi connectivity index (χ0v) is 10.7. The van der Waals surface area contributed by atoms with Crippen molar-refractivity contribution >= 4 is 17.7 Å². The average Bonchev–Trinajstić information content (AvgIpc) is 2.76. The molecule has 0 fully saturated rings. The molecule has 94 valence electrons. The normalized spacial score (nSPS) is 10.5. The second-order valence-corrected chi connectivity index (χ2v) is 4.85. The predicted octanol–water partition coefficient (Wildman–Crippen LogP) is 1.85. The van der Waals surface area contributed by atoms with E-state index >= 15 is 0 Å². The number of carboxylic acid groups (broad SMARTS) is 1. The molecule has 2 rings (SSSR count). The molecule has 0 saturated carbocycles. The first-order valence-electron chi connectivity index (χ1n) is 5.46. The molecule has 0 radical (unpaired) electrons. The lowest BCUT2D eigenvalue weighted by molar-refractivity contribution is 0.0696. The summed E-state index contributed by atoms with van der Waals surface area (Å²) in [6.45, 7) is 0. The van der Waals surface area contributed by atoms with E-state index in [0.717, 1.165) is 16.5 Å². The molecule has 0 unspecified atom stereocenters. The Morgan fingerprint density at radius 2 is 2.22 bits per heavy atom. The summed E-state index contributed by atoms with van der Waals surface area (Å²) < 4.78 is 1.84. The first-order valence-corrected chi connectivity index (χ1v) is 6.45. The number of aryl methyl sites for hydroxylation is 2. The van der Waals surface area contributed by atoms with Crippen LogP contribution in [-0.2, 0) is 13.5 Å². The van der Waals surface area contributed by atoms with Gasteiger partial charge in [0.25, 0.3) is 0 Å². The Kier molecular flexibility index (Phi) is 3.99. The fourth-order valence-corrected chi connectivity index (χ4v) is 2.46. The van der Waals surface area contributed by atoms with E-state index in [2.05, 4.69) is 10.2 Å². The van der Waals surface area contributed by atoms with Gasteiger partial charge in [-0.2, -0.15) is 0 Å². The van der Waals surface area contributed by atoms with Crippen molar-refractivity contribution in [3.05, 3.63) is 41.7 Å². The third kappa shape index (κ3) is 2.89. The van der Waals surface area contributed by atoms with Crippen LogP contribution in [0.5, 0.6) is 0 Å². The van der Waals surface area contributed by atoms with E-state index in [9.17, 15) is 4.79 Å². The number of rotatable bonds is 5. The highest BCUT2D eigenvalue weighted by Crippen LogP contribution is 2.17. The molecule has 18 heavy (non-hydrogen) atoms. The standard InChI is InChI=1S/C12H13N3O2S/c1-15-8-13-14-12(15)18-7-6-9-4-2-3-5-10(9)11(16)17/h2-5,8H,6-7H2,1H3,(H,16,17). The van der Waals surface area contributed by atoms with E-state index in [1.165, 1.54) is 0 Å². The van der Waals surface area contributed by atoms with Crippen molar-refractivity contribution in [3.63, 3.8) is 0 Å². The van der Waals surface area contributed by atoms with E-state index in [1.54, 1.807) is 30.2 Å². The van der Waals surface area contributed by atoms with Crippen molar-refractivity contribution in [2.75, 3.05) is 5.75 Å². The van der Waals surface area contributed by atoms with Crippen molar-refractivity contribution in [3.8, 4) is 0 Å². The Labute approximate surface area is 109 Å². The fourth-order valence-electron chi connectivity index (χ4n) is 1.60. The second-order valence-electron chi connectivity index (χ2n) is 3.79. The third-order valence-corrected chi connectivity index (χ3v) is 3.56. The first-order chi connectivity index (χ1) is 8.68. The van der Waals surface area contributed by atoms with Gasteiger partial charge in [0.15, 0.2) is 5.16 Å².